The third kappa shape index (κ3) is 6.70. The number of carbonyl (C=O) groups is 1. The van der Waals surface area contributed by atoms with Crippen molar-refractivity contribution >= 4 is 27.9 Å². The van der Waals surface area contributed by atoms with Crippen LogP contribution in [0.25, 0.3) is 0 Å². The first-order valence-corrected chi connectivity index (χ1v) is 7.04. The summed E-state index contributed by atoms with van der Waals surface area (Å²) in [4.78, 5) is 11.1. The number of ether oxygens (including phenoxy) is 1. The number of alkyl halides is 1. The minimum absolute atomic E-state index is 0.398. The molecule has 0 fully saturated rings. The Morgan fingerprint density at radius 2 is 1.76 bits per heavy atom. The molecule has 2 N–H and O–H groups in total. The molecule has 17 heavy (non-hydrogen) atoms. The van der Waals surface area contributed by atoms with Crippen molar-refractivity contribution in [2.24, 2.45) is 0 Å². The van der Waals surface area contributed by atoms with E-state index in [0.29, 0.717) is 0 Å². The van der Waals surface area contributed by atoms with E-state index in [0.717, 1.165) is 0 Å². The molecule has 0 aromatic heterocycles. The van der Waals surface area contributed by atoms with Crippen molar-refractivity contribution in [3.8, 4) is 0 Å². The highest BCUT2D eigenvalue weighted by molar-refractivity contribution is 7.88. The molecule has 1 amide bonds. The van der Waals surface area contributed by atoms with Crippen molar-refractivity contribution in [1.29, 1.82) is 0 Å². The van der Waals surface area contributed by atoms with Crippen LogP contribution in [0.1, 0.15) is 34.6 Å². The van der Waals surface area contributed by atoms with Crippen LogP contribution < -0.4 is 9.44 Å². The summed E-state index contributed by atoms with van der Waals surface area (Å²) < 4.78 is 31.8. The molecule has 0 aliphatic heterocycles. The minimum atomic E-state index is -3.99. The van der Waals surface area contributed by atoms with Crippen molar-refractivity contribution in [3.05, 3.63) is 0 Å². The molecule has 0 aromatic rings. The average Bonchev–Trinajstić information content (AvgIpc) is 1.96. The van der Waals surface area contributed by atoms with Gasteiger partial charge < -0.3 is 4.74 Å². The van der Waals surface area contributed by atoms with Crippen LogP contribution in [0, 0.1) is 0 Å². The van der Waals surface area contributed by atoms with E-state index in [2.05, 4.69) is 9.46 Å². The predicted octanol–water partition coefficient (Wildman–Crippen LogP) is 1.36. The van der Waals surface area contributed by atoms with Crippen LogP contribution in [0.5, 0.6) is 0 Å². The largest absolute Gasteiger partial charge is 0.446 e. The van der Waals surface area contributed by atoms with E-state index in [1.807, 2.05) is 0 Å². The second-order valence-corrected chi connectivity index (χ2v) is 6.57. The smallest absolute Gasteiger partial charge is 0.422 e. The Bertz CT molecular complexity index is 365. The number of amides is 1. The zero-order valence-electron chi connectivity index (χ0n) is 10.6. The summed E-state index contributed by atoms with van der Waals surface area (Å²) in [5, 5.41) is -0.444. The molecule has 0 spiro atoms. The summed E-state index contributed by atoms with van der Waals surface area (Å²) in [6.07, 6.45) is -1.42. The van der Waals surface area contributed by atoms with E-state index in [1.165, 1.54) is 0 Å². The quantitative estimate of drug-likeness (QED) is 0.748. The molecule has 102 valence electrons. The van der Waals surface area contributed by atoms with Gasteiger partial charge in [-0.15, -0.1) is 11.6 Å². The van der Waals surface area contributed by atoms with E-state index in [1.54, 1.807) is 39.3 Å². The maximum absolute atomic E-state index is 11.6. The molecule has 0 radical (unpaired) electrons. The van der Waals surface area contributed by atoms with Crippen LogP contribution in [-0.2, 0) is 14.9 Å². The summed E-state index contributed by atoms with van der Waals surface area (Å²) in [6, 6.07) is 0. The highest BCUT2D eigenvalue weighted by Gasteiger charge is 2.30. The fourth-order valence-corrected chi connectivity index (χ4v) is 2.11. The van der Waals surface area contributed by atoms with Gasteiger partial charge in [-0.3, -0.25) is 0 Å². The summed E-state index contributed by atoms with van der Waals surface area (Å²) in [6.45, 7) is 8.10. The fraction of sp³-hybridized carbons (Fsp3) is 0.889. The predicted molar refractivity (Wildman–Crippen MR) is 66.2 cm³/mol. The Hall–Kier alpha value is -0.530. The van der Waals surface area contributed by atoms with Crippen LogP contribution in [0.2, 0.25) is 0 Å². The van der Waals surface area contributed by atoms with Crippen molar-refractivity contribution < 1.29 is 17.9 Å². The first-order valence-electron chi connectivity index (χ1n) is 5.12. The highest BCUT2D eigenvalue weighted by Crippen LogP contribution is 2.15. The van der Waals surface area contributed by atoms with Gasteiger partial charge >= 0.3 is 16.3 Å². The molecular weight excluding hydrogens is 268 g/mol. The summed E-state index contributed by atoms with van der Waals surface area (Å²) in [7, 11) is -3.99. The van der Waals surface area contributed by atoms with Crippen LogP contribution in [0.3, 0.4) is 0 Å². The van der Waals surface area contributed by atoms with Crippen LogP contribution in [0.15, 0.2) is 0 Å². The summed E-state index contributed by atoms with van der Waals surface area (Å²) >= 11 is 5.83. The maximum atomic E-state index is 11.6. The maximum Gasteiger partial charge on any atom is 0.422 e. The lowest BCUT2D eigenvalue weighted by atomic mass is 10.0. The van der Waals surface area contributed by atoms with Crippen molar-refractivity contribution in [2.45, 2.75) is 51.6 Å². The number of rotatable bonds is 5. The number of carbonyl (C=O) groups excluding carboxylic acids is 1. The molecule has 0 saturated carbocycles. The van der Waals surface area contributed by atoms with Crippen molar-refractivity contribution in [3.63, 3.8) is 0 Å². The fourth-order valence-electron chi connectivity index (χ4n) is 0.801. The van der Waals surface area contributed by atoms with Crippen LogP contribution >= 0.6 is 11.6 Å². The summed E-state index contributed by atoms with van der Waals surface area (Å²) in [5.74, 6) is 0. The van der Waals surface area contributed by atoms with Gasteiger partial charge in [-0.05, 0) is 34.6 Å². The average molecular weight is 287 g/mol. The molecule has 0 heterocycles. The molecule has 1 atom stereocenters. The molecule has 0 aliphatic rings. The van der Waals surface area contributed by atoms with Gasteiger partial charge in [-0.1, -0.05) is 0 Å². The lowest BCUT2D eigenvalue weighted by molar-refractivity contribution is 0.121. The molecule has 0 aromatic carbocycles. The standard InChI is InChI=1S/C9H19ClN2O4S/c1-6(2)16-8(13)11-17(14,15)12-9(4,5)7(3)10/h6-7,12H,1-5H3,(H,11,13). The lowest BCUT2D eigenvalue weighted by Crippen LogP contribution is -2.54. The molecule has 0 aliphatic carbocycles. The van der Waals surface area contributed by atoms with E-state index in [4.69, 9.17) is 11.6 Å². The van der Waals surface area contributed by atoms with Gasteiger partial charge in [-0.2, -0.15) is 13.1 Å². The molecule has 0 bridgehead atoms. The second-order valence-electron chi connectivity index (χ2n) is 4.50. The van der Waals surface area contributed by atoms with Gasteiger partial charge in [0.25, 0.3) is 0 Å². The van der Waals surface area contributed by atoms with Crippen molar-refractivity contribution in [2.75, 3.05) is 0 Å². The van der Waals surface area contributed by atoms with E-state index in [9.17, 15) is 13.2 Å². The van der Waals surface area contributed by atoms with E-state index in [-0.39, 0.29) is 0 Å². The Kier molecular flexibility index (Phi) is 5.70. The second kappa shape index (κ2) is 5.88. The van der Waals surface area contributed by atoms with Crippen LogP contribution in [-0.4, -0.2) is 31.5 Å². The van der Waals surface area contributed by atoms with Crippen LogP contribution in [0.4, 0.5) is 4.79 Å². The third-order valence-electron chi connectivity index (χ3n) is 1.95. The van der Waals surface area contributed by atoms with Crippen molar-refractivity contribution in [1.82, 2.24) is 9.44 Å². The zero-order chi connectivity index (χ0) is 13.9. The minimum Gasteiger partial charge on any atom is -0.446 e. The monoisotopic (exact) mass is 286 g/mol. The Morgan fingerprint density at radius 1 is 1.29 bits per heavy atom. The molecule has 0 saturated heterocycles. The first-order chi connectivity index (χ1) is 7.46. The SMILES string of the molecule is CC(C)OC(=O)NS(=O)(=O)NC(C)(C)C(C)Cl. The molecule has 6 nitrogen and oxygen atoms in total. The molecule has 1 unspecified atom stereocenters. The van der Waals surface area contributed by atoms with Gasteiger partial charge in [0.1, 0.15) is 0 Å². The van der Waals surface area contributed by atoms with E-state index < -0.39 is 33.3 Å². The van der Waals surface area contributed by atoms with Gasteiger partial charge in [0, 0.05) is 10.9 Å². The Labute approximate surface area is 107 Å². The van der Waals surface area contributed by atoms with Gasteiger partial charge in [0.05, 0.1) is 6.10 Å². The number of hydrogen-bond donors (Lipinski definition) is 2. The highest BCUT2D eigenvalue weighted by atomic mass is 35.5. The number of nitrogens with one attached hydrogen (secondary N) is 2. The Balaban J connectivity index is 4.56. The van der Waals surface area contributed by atoms with Gasteiger partial charge in [0.15, 0.2) is 0 Å². The number of halogens is 1. The first kappa shape index (κ1) is 16.5. The topological polar surface area (TPSA) is 84.5 Å². The van der Waals surface area contributed by atoms with Gasteiger partial charge in [0.2, 0.25) is 0 Å². The Morgan fingerprint density at radius 3 is 2.12 bits per heavy atom. The summed E-state index contributed by atoms with van der Waals surface area (Å²) in [5.41, 5.74) is -0.883. The number of hydrogen-bond acceptors (Lipinski definition) is 4. The van der Waals surface area contributed by atoms with E-state index >= 15 is 0 Å². The zero-order valence-corrected chi connectivity index (χ0v) is 12.1. The lowest BCUT2D eigenvalue weighted by Gasteiger charge is -2.28. The van der Waals surface area contributed by atoms with Gasteiger partial charge in [-0.25, -0.2) is 9.52 Å². The molecule has 0 rings (SSSR count). The normalized spacial score (nSPS) is 14.5. The molecular formula is C9H19ClN2O4S. The third-order valence-corrected chi connectivity index (χ3v) is 3.73. The molecule has 8 heteroatoms.